The predicted molar refractivity (Wildman–Crippen MR) is 51.5 cm³/mol. The lowest BCUT2D eigenvalue weighted by Crippen LogP contribution is -2.36. The second kappa shape index (κ2) is 4.98. The van der Waals surface area contributed by atoms with Crippen LogP contribution < -0.4 is 5.32 Å². The molecule has 0 spiro atoms. The van der Waals surface area contributed by atoms with E-state index < -0.39 is 0 Å². The first kappa shape index (κ1) is 11.0. The van der Waals surface area contributed by atoms with Crippen LogP contribution in [-0.4, -0.2) is 25.5 Å². The van der Waals surface area contributed by atoms with Gasteiger partial charge in [-0.05, 0) is 18.8 Å². The summed E-state index contributed by atoms with van der Waals surface area (Å²) in [4.78, 5) is 22.0. The van der Waals surface area contributed by atoms with Gasteiger partial charge in [0.15, 0.2) is 0 Å². The van der Waals surface area contributed by atoms with Gasteiger partial charge in [0.25, 0.3) is 0 Å². The van der Waals surface area contributed by atoms with Gasteiger partial charge < -0.3 is 10.1 Å². The van der Waals surface area contributed by atoms with E-state index in [0.717, 1.165) is 12.8 Å². The number of carbonyl (C=O) groups is 2. The maximum absolute atomic E-state index is 11.1. The second-order valence-electron chi connectivity index (χ2n) is 3.87. The number of amides is 1. The minimum Gasteiger partial charge on any atom is -0.469 e. The van der Waals surface area contributed by atoms with Crippen LogP contribution in [0.15, 0.2) is 0 Å². The molecule has 1 amide bonds. The third-order valence-electron chi connectivity index (χ3n) is 2.66. The van der Waals surface area contributed by atoms with Gasteiger partial charge in [-0.25, -0.2) is 0 Å². The zero-order chi connectivity index (χ0) is 10.6. The zero-order valence-electron chi connectivity index (χ0n) is 8.71. The number of hydrogen-bond acceptors (Lipinski definition) is 3. The molecule has 0 bridgehead atoms. The van der Waals surface area contributed by atoms with Crippen molar-refractivity contribution in [1.82, 2.24) is 5.32 Å². The molecule has 1 aliphatic rings. The van der Waals surface area contributed by atoms with Crippen molar-refractivity contribution >= 4 is 11.9 Å². The Morgan fingerprint density at radius 1 is 1.71 bits per heavy atom. The average Bonchev–Trinajstić information content (AvgIpc) is 2.20. The van der Waals surface area contributed by atoms with Crippen LogP contribution in [0.4, 0.5) is 0 Å². The lowest BCUT2D eigenvalue weighted by Gasteiger charge is -2.24. The summed E-state index contributed by atoms with van der Waals surface area (Å²) in [6.07, 6.45) is 2.26. The summed E-state index contributed by atoms with van der Waals surface area (Å²) in [6, 6.07) is 0. The van der Waals surface area contributed by atoms with E-state index in [1.807, 2.05) is 6.92 Å². The molecule has 0 radical (unpaired) electrons. The van der Waals surface area contributed by atoms with E-state index in [4.69, 9.17) is 0 Å². The molecule has 2 atom stereocenters. The molecular weight excluding hydrogens is 182 g/mol. The standard InChI is InChI=1S/C10H17NO3/c1-7(10(13)14-2)5-8-3-4-9(12)11-6-8/h7-8H,3-6H2,1-2H3,(H,11,12). The highest BCUT2D eigenvalue weighted by molar-refractivity contribution is 5.76. The van der Waals surface area contributed by atoms with Crippen LogP contribution in [0.5, 0.6) is 0 Å². The van der Waals surface area contributed by atoms with Crippen LogP contribution in [0.3, 0.4) is 0 Å². The third kappa shape index (κ3) is 3.01. The molecule has 1 saturated heterocycles. The summed E-state index contributed by atoms with van der Waals surface area (Å²) in [5, 5.41) is 2.80. The Morgan fingerprint density at radius 2 is 2.43 bits per heavy atom. The smallest absolute Gasteiger partial charge is 0.308 e. The van der Waals surface area contributed by atoms with E-state index in [1.54, 1.807) is 0 Å². The Labute approximate surface area is 84.0 Å². The number of hydrogen-bond donors (Lipinski definition) is 1. The molecule has 1 aliphatic heterocycles. The van der Waals surface area contributed by atoms with Gasteiger partial charge in [0.05, 0.1) is 13.0 Å². The molecule has 0 aliphatic carbocycles. The number of nitrogens with one attached hydrogen (secondary N) is 1. The molecular formula is C10H17NO3. The Kier molecular flexibility index (Phi) is 3.92. The van der Waals surface area contributed by atoms with Gasteiger partial charge in [-0.3, -0.25) is 9.59 Å². The molecule has 0 aromatic carbocycles. The van der Waals surface area contributed by atoms with Crippen molar-refractivity contribution in [2.24, 2.45) is 11.8 Å². The van der Waals surface area contributed by atoms with Crippen LogP contribution >= 0.6 is 0 Å². The zero-order valence-corrected chi connectivity index (χ0v) is 8.71. The minimum absolute atomic E-state index is 0.0694. The van der Waals surface area contributed by atoms with Crippen molar-refractivity contribution in [3.8, 4) is 0 Å². The van der Waals surface area contributed by atoms with E-state index in [9.17, 15) is 9.59 Å². The molecule has 80 valence electrons. The summed E-state index contributed by atoms with van der Waals surface area (Å²) >= 11 is 0. The normalized spacial score (nSPS) is 23.9. The van der Waals surface area contributed by atoms with Gasteiger partial charge in [0.1, 0.15) is 0 Å². The van der Waals surface area contributed by atoms with E-state index in [1.165, 1.54) is 7.11 Å². The summed E-state index contributed by atoms with van der Waals surface area (Å²) in [5.41, 5.74) is 0. The van der Waals surface area contributed by atoms with Crippen molar-refractivity contribution in [3.05, 3.63) is 0 Å². The number of piperidine rings is 1. The number of ether oxygens (including phenoxy) is 1. The average molecular weight is 199 g/mol. The van der Waals surface area contributed by atoms with E-state index in [0.29, 0.717) is 18.9 Å². The first-order chi connectivity index (χ1) is 6.63. The molecule has 1 N–H and O–H groups in total. The highest BCUT2D eigenvalue weighted by Crippen LogP contribution is 2.20. The van der Waals surface area contributed by atoms with Crippen LogP contribution in [-0.2, 0) is 14.3 Å². The van der Waals surface area contributed by atoms with E-state index in [-0.39, 0.29) is 17.8 Å². The largest absolute Gasteiger partial charge is 0.469 e. The molecule has 4 nitrogen and oxygen atoms in total. The minimum atomic E-state index is -0.165. The summed E-state index contributed by atoms with van der Waals surface area (Å²) in [7, 11) is 1.40. The van der Waals surface area contributed by atoms with Gasteiger partial charge in [-0.2, -0.15) is 0 Å². The lowest BCUT2D eigenvalue weighted by atomic mass is 9.90. The quantitative estimate of drug-likeness (QED) is 0.681. The SMILES string of the molecule is COC(=O)C(C)CC1CCC(=O)NC1. The molecule has 0 saturated carbocycles. The van der Waals surface area contributed by atoms with E-state index >= 15 is 0 Å². The van der Waals surface area contributed by atoms with E-state index in [2.05, 4.69) is 10.1 Å². The summed E-state index contributed by atoms with van der Waals surface area (Å²) in [5.74, 6) is 0.302. The molecule has 14 heavy (non-hydrogen) atoms. The van der Waals surface area contributed by atoms with Crippen molar-refractivity contribution in [1.29, 1.82) is 0 Å². The Balaban J connectivity index is 2.30. The highest BCUT2D eigenvalue weighted by Gasteiger charge is 2.23. The fourth-order valence-corrected chi connectivity index (χ4v) is 1.78. The summed E-state index contributed by atoms with van der Waals surface area (Å²) < 4.78 is 4.65. The van der Waals surface area contributed by atoms with Crippen LogP contribution in [0.25, 0.3) is 0 Å². The second-order valence-corrected chi connectivity index (χ2v) is 3.87. The van der Waals surface area contributed by atoms with Gasteiger partial charge >= 0.3 is 5.97 Å². The van der Waals surface area contributed by atoms with Crippen LogP contribution in [0, 0.1) is 11.8 Å². The lowest BCUT2D eigenvalue weighted by molar-refractivity contribution is -0.145. The molecule has 1 fully saturated rings. The van der Waals surface area contributed by atoms with Gasteiger partial charge in [-0.1, -0.05) is 6.92 Å². The van der Waals surface area contributed by atoms with Crippen LogP contribution in [0.2, 0.25) is 0 Å². The van der Waals surface area contributed by atoms with Crippen molar-refractivity contribution < 1.29 is 14.3 Å². The Morgan fingerprint density at radius 3 is 2.93 bits per heavy atom. The van der Waals surface area contributed by atoms with Gasteiger partial charge in [0, 0.05) is 13.0 Å². The summed E-state index contributed by atoms with van der Waals surface area (Å²) in [6.45, 7) is 2.56. The number of rotatable bonds is 3. The molecule has 4 heteroatoms. The molecule has 1 rings (SSSR count). The van der Waals surface area contributed by atoms with Crippen molar-refractivity contribution in [2.45, 2.75) is 26.2 Å². The van der Waals surface area contributed by atoms with Crippen molar-refractivity contribution in [3.63, 3.8) is 0 Å². The molecule has 1 heterocycles. The monoisotopic (exact) mass is 199 g/mol. The molecule has 0 aromatic rings. The van der Waals surface area contributed by atoms with Gasteiger partial charge in [0.2, 0.25) is 5.91 Å². The number of methoxy groups -OCH3 is 1. The highest BCUT2D eigenvalue weighted by atomic mass is 16.5. The molecule has 0 aromatic heterocycles. The maximum atomic E-state index is 11.1. The first-order valence-corrected chi connectivity index (χ1v) is 4.98. The van der Waals surface area contributed by atoms with Gasteiger partial charge in [-0.15, -0.1) is 0 Å². The molecule has 2 unspecified atom stereocenters. The maximum Gasteiger partial charge on any atom is 0.308 e. The predicted octanol–water partition coefficient (Wildman–Crippen LogP) is 0.712. The number of esters is 1. The fraction of sp³-hybridized carbons (Fsp3) is 0.800. The Bertz CT molecular complexity index is 217. The first-order valence-electron chi connectivity index (χ1n) is 4.98. The van der Waals surface area contributed by atoms with Crippen molar-refractivity contribution in [2.75, 3.05) is 13.7 Å². The Hall–Kier alpha value is -1.06. The third-order valence-corrected chi connectivity index (χ3v) is 2.66. The topological polar surface area (TPSA) is 55.4 Å². The number of carbonyl (C=O) groups excluding carboxylic acids is 2. The van der Waals surface area contributed by atoms with Crippen LogP contribution in [0.1, 0.15) is 26.2 Å². The fourth-order valence-electron chi connectivity index (χ4n) is 1.78.